The van der Waals surface area contributed by atoms with Crippen LogP contribution < -0.4 is 10.6 Å². The molecule has 3 rings (SSSR count). The van der Waals surface area contributed by atoms with Gasteiger partial charge in [0.2, 0.25) is 0 Å². The average molecular weight is 287 g/mol. The molecule has 0 saturated heterocycles. The summed E-state index contributed by atoms with van der Waals surface area (Å²) in [6, 6.07) is 15.1. The molecule has 0 fully saturated rings. The van der Waals surface area contributed by atoms with Gasteiger partial charge in [-0.1, -0.05) is 35.9 Å². The van der Waals surface area contributed by atoms with Crippen molar-refractivity contribution in [3.8, 4) is 0 Å². The lowest BCUT2D eigenvalue weighted by atomic mass is 10.1. The first kappa shape index (κ1) is 13.5. The largest absolute Gasteiger partial charge is 0.337 e. The number of benzene rings is 2. The molecule has 0 amide bonds. The molecular formula is C17H19ClN2. The first-order valence-corrected chi connectivity index (χ1v) is 7.38. The van der Waals surface area contributed by atoms with Crippen molar-refractivity contribution in [3.63, 3.8) is 0 Å². The fourth-order valence-corrected chi connectivity index (χ4v) is 3.21. The van der Waals surface area contributed by atoms with Crippen LogP contribution in [0.25, 0.3) is 0 Å². The predicted molar refractivity (Wildman–Crippen MR) is 85.8 cm³/mol. The summed E-state index contributed by atoms with van der Waals surface area (Å²) in [6.07, 6.45) is 1.06. The lowest BCUT2D eigenvalue weighted by Crippen LogP contribution is -2.24. The Morgan fingerprint density at radius 1 is 1.20 bits per heavy atom. The molecule has 1 aliphatic heterocycles. The number of nitrogens with two attached hydrogens (primary N) is 1. The number of rotatable bonds is 2. The summed E-state index contributed by atoms with van der Waals surface area (Å²) in [4.78, 5) is 2.32. The van der Waals surface area contributed by atoms with Crippen LogP contribution in [0.15, 0.2) is 42.5 Å². The normalized spacial score (nSPS) is 19.0. The SMILES string of the molecule is CC(N)c1ccc(N2c3ccccc3CC2C)c(Cl)c1. The monoisotopic (exact) mass is 286 g/mol. The van der Waals surface area contributed by atoms with Crippen molar-refractivity contribution in [3.05, 3.63) is 58.6 Å². The smallest absolute Gasteiger partial charge is 0.0646 e. The highest BCUT2D eigenvalue weighted by Crippen LogP contribution is 2.41. The average Bonchev–Trinajstić information content (AvgIpc) is 2.74. The van der Waals surface area contributed by atoms with Gasteiger partial charge in [0.05, 0.1) is 10.7 Å². The quantitative estimate of drug-likeness (QED) is 0.884. The zero-order valence-electron chi connectivity index (χ0n) is 11.8. The standard InChI is InChI=1S/C17H19ClN2/c1-11-9-14-5-3-4-6-16(14)20(11)17-8-7-13(12(2)19)10-15(17)18/h3-8,10-12H,9,19H2,1-2H3. The third-order valence-corrected chi connectivity index (χ3v) is 4.27. The molecular weight excluding hydrogens is 268 g/mol. The Bertz CT molecular complexity index is 637. The van der Waals surface area contributed by atoms with Crippen molar-refractivity contribution in [2.75, 3.05) is 4.90 Å². The van der Waals surface area contributed by atoms with Crippen molar-refractivity contribution in [2.24, 2.45) is 5.73 Å². The number of fused-ring (bicyclic) bond motifs is 1. The Morgan fingerprint density at radius 2 is 1.95 bits per heavy atom. The van der Waals surface area contributed by atoms with Gasteiger partial charge in [-0.3, -0.25) is 0 Å². The third-order valence-electron chi connectivity index (χ3n) is 3.96. The van der Waals surface area contributed by atoms with E-state index in [1.165, 1.54) is 11.3 Å². The van der Waals surface area contributed by atoms with E-state index in [0.29, 0.717) is 6.04 Å². The molecule has 3 heteroatoms. The summed E-state index contributed by atoms with van der Waals surface area (Å²) in [7, 11) is 0. The molecule has 2 aromatic rings. The van der Waals surface area contributed by atoms with E-state index in [0.717, 1.165) is 22.7 Å². The maximum absolute atomic E-state index is 6.49. The fourth-order valence-electron chi connectivity index (χ4n) is 2.93. The second kappa shape index (κ2) is 5.12. The minimum absolute atomic E-state index is 0.00448. The van der Waals surface area contributed by atoms with E-state index in [9.17, 15) is 0 Å². The summed E-state index contributed by atoms with van der Waals surface area (Å²) in [6.45, 7) is 4.20. The van der Waals surface area contributed by atoms with E-state index < -0.39 is 0 Å². The van der Waals surface area contributed by atoms with Crippen molar-refractivity contribution >= 4 is 23.0 Å². The van der Waals surface area contributed by atoms with Crippen molar-refractivity contribution in [1.82, 2.24) is 0 Å². The summed E-state index contributed by atoms with van der Waals surface area (Å²) >= 11 is 6.49. The van der Waals surface area contributed by atoms with E-state index in [1.54, 1.807) is 0 Å². The van der Waals surface area contributed by atoms with Gasteiger partial charge in [-0.25, -0.2) is 0 Å². The van der Waals surface area contributed by atoms with E-state index in [4.69, 9.17) is 17.3 Å². The molecule has 2 aromatic carbocycles. The molecule has 2 unspecified atom stereocenters. The van der Waals surface area contributed by atoms with E-state index in [-0.39, 0.29) is 6.04 Å². The zero-order valence-corrected chi connectivity index (χ0v) is 12.6. The van der Waals surface area contributed by atoms with Gasteiger partial charge in [0.25, 0.3) is 0 Å². The number of anilines is 2. The topological polar surface area (TPSA) is 29.3 Å². The fraction of sp³-hybridized carbons (Fsp3) is 0.294. The molecule has 0 aromatic heterocycles. The molecule has 104 valence electrons. The molecule has 1 aliphatic rings. The van der Waals surface area contributed by atoms with Gasteiger partial charge in [-0.2, -0.15) is 0 Å². The Balaban J connectivity index is 2.05. The van der Waals surface area contributed by atoms with Gasteiger partial charge in [-0.15, -0.1) is 0 Å². The van der Waals surface area contributed by atoms with Crippen molar-refractivity contribution < 1.29 is 0 Å². The second-order valence-electron chi connectivity index (χ2n) is 5.55. The Morgan fingerprint density at radius 3 is 2.65 bits per heavy atom. The highest BCUT2D eigenvalue weighted by molar-refractivity contribution is 6.33. The minimum Gasteiger partial charge on any atom is -0.337 e. The van der Waals surface area contributed by atoms with Crippen LogP contribution in [-0.2, 0) is 6.42 Å². The van der Waals surface area contributed by atoms with Crippen LogP contribution in [0.4, 0.5) is 11.4 Å². The highest BCUT2D eigenvalue weighted by atomic mass is 35.5. The van der Waals surface area contributed by atoms with Crippen molar-refractivity contribution in [1.29, 1.82) is 0 Å². The molecule has 1 heterocycles. The number of nitrogens with zero attached hydrogens (tertiary/aromatic N) is 1. The summed E-state index contributed by atoms with van der Waals surface area (Å²) < 4.78 is 0. The number of hydrogen-bond donors (Lipinski definition) is 1. The van der Waals surface area contributed by atoms with Crippen LogP contribution in [0, 0.1) is 0 Å². The van der Waals surface area contributed by atoms with E-state index in [2.05, 4.69) is 48.2 Å². The van der Waals surface area contributed by atoms with Gasteiger partial charge in [0.15, 0.2) is 0 Å². The Hall–Kier alpha value is -1.51. The molecule has 0 radical (unpaired) electrons. The zero-order chi connectivity index (χ0) is 14.3. The van der Waals surface area contributed by atoms with Crippen LogP contribution in [0.3, 0.4) is 0 Å². The molecule has 20 heavy (non-hydrogen) atoms. The summed E-state index contributed by atoms with van der Waals surface area (Å²) in [5.74, 6) is 0. The van der Waals surface area contributed by atoms with Crippen LogP contribution in [0.5, 0.6) is 0 Å². The maximum Gasteiger partial charge on any atom is 0.0646 e. The van der Waals surface area contributed by atoms with Gasteiger partial charge < -0.3 is 10.6 Å². The van der Waals surface area contributed by atoms with Crippen molar-refractivity contribution in [2.45, 2.75) is 32.4 Å². The van der Waals surface area contributed by atoms with E-state index >= 15 is 0 Å². The second-order valence-corrected chi connectivity index (χ2v) is 5.96. The molecule has 0 bridgehead atoms. The van der Waals surface area contributed by atoms with Gasteiger partial charge in [0, 0.05) is 17.8 Å². The highest BCUT2D eigenvalue weighted by Gasteiger charge is 2.28. The maximum atomic E-state index is 6.49. The molecule has 2 atom stereocenters. The lowest BCUT2D eigenvalue weighted by Gasteiger charge is -2.26. The van der Waals surface area contributed by atoms with Gasteiger partial charge in [-0.05, 0) is 49.6 Å². The molecule has 2 nitrogen and oxygen atoms in total. The third kappa shape index (κ3) is 2.19. The Labute approximate surface area is 125 Å². The van der Waals surface area contributed by atoms with E-state index in [1.807, 2.05) is 13.0 Å². The van der Waals surface area contributed by atoms with Gasteiger partial charge in [0.1, 0.15) is 0 Å². The molecule has 2 N–H and O–H groups in total. The molecule has 0 aliphatic carbocycles. The number of hydrogen-bond acceptors (Lipinski definition) is 2. The number of para-hydroxylation sites is 1. The first-order valence-electron chi connectivity index (χ1n) is 7.00. The molecule has 0 saturated carbocycles. The minimum atomic E-state index is 0.00448. The predicted octanol–water partition coefficient (Wildman–Crippen LogP) is 4.44. The Kier molecular flexibility index (Phi) is 3.45. The number of halogens is 1. The van der Waals surface area contributed by atoms with Crippen LogP contribution >= 0.6 is 11.6 Å². The van der Waals surface area contributed by atoms with Crippen LogP contribution in [0.1, 0.15) is 31.0 Å². The van der Waals surface area contributed by atoms with Gasteiger partial charge >= 0.3 is 0 Å². The molecule has 0 spiro atoms. The van der Waals surface area contributed by atoms with Crippen LogP contribution in [-0.4, -0.2) is 6.04 Å². The van der Waals surface area contributed by atoms with Crippen LogP contribution in [0.2, 0.25) is 5.02 Å². The summed E-state index contributed by atoms with van der Waals surface area (Å²) in [5, 5.41) is 0.767. The first-order chi connectivity index (χ1) is 9.58. The summed E-state index contributed by atoms with van der Waals surface area (Å²) in [5.41, 5.74) is 10.7. The lowest BCUT2D eigenvalue weighted by molar-refractivity contribution is 0.758.